The highest BCUT2D eigenvalue weighted by Crippen LogP contribution is 2.11. The lowest BCUT2D eigenvalue weighted by Gasteiger charge is -2.25. The Morgan fingerprint density at radius 3 is 2.61 bits per heavy atom. The number of carbonyl (C=O) groups excluding carboxylic acids is 2. The van der Waals surface area contributed by atoms with Gasteiger partial charge in [0.2, 0.25) is 0 Å². The van der Waals surface area contributed by atoms with Gasteiger partial charge in [-0.2, -0.15) is 0 Å². The van der Waals surface area contributed by atoms with Crippen molar-refractivity contribution in [2.45, 2.75) is 6.54 Å². The number of morpholine rings is 1. The van der Waals surface area contributed by atoms with Gasteiger partial charge in [-0.3, -0.25) is 14.5 Å². The molecule has 6 heteroatoms. The number of carbonyl (C=O) groups is 2. The van der Waals surface area contributed by atoms with E-state index in [0.29, 0.717) is 0 Å². The van der Waals surface area contributed by atoms with Gasteiger partial charge in [-0.05, 0) is 11.6 Å². The summed E-state index contributed by atoms with van der Waals surface area (Å²) in [4.78, 5) is 24.6. The average molecular weight is 264 g/mol. The van der Waals surface area contributed by atoms with Crippen molar-refractivity contribution < 1.29 is 14.3 Å². The van der Waals surface area contributed by atoms with Crippen LogP contribution in [0.1, 0.15) is 11.1 Å². The van der Waals surface area contributed by atoms with E-state index < -0.39 is 0 Å². The van der Waals surface area contributed by atoms with Gasteiger partial charge >= 0.3 is 0 Å². The quantitative estimate of drug-likeness (QED) is 0.624. The van der Waals surface area contributed by atoms with Crippen molar-refractivity contribution in [3.05, 3.63) is 35.4 Å². The Bertz CT molecular complexity index is 500. The molecule has 1 aliphatic rings. The molecule has 5 nitrogen and oxygen atoms in total. The van der Waals surface area contributed by atoms with Crippen LogP contribution in [-0.2, 0) is 20.9 Å². The molecular weight excluding hydrogens is 252 g/mol. The van der Waals surface area contributed by atoms with E-state index in [-0.39, 0.29) is 36.6 Å². The first-order valence-corrected chi connectivity index (χ1v) is 5.78. The highest BCUT2D eigenvalue weighted by atomic mass is 32.1. The summed E-state index contributed by atoms with van der Waals surface area (Å²) in [6, 6.07) is 7.17. The molecule has 1 fully saturated rings. The van der Waals surface area contributed by atoms with Crippen molar-refractivity contribution in [3.8, 4) is 0 Å². The van der Waals surface area contributed by atoms with Crippen LogP contribution >= 0.6 is 12.2 Å². The maximum absolute atomic E-state index is 11.6. The molecule has 1 aromatic rings. The summed E-state index contributed by atoms with van der Waals surface area (Å²) < 4.78 is 4.84. The van der Waals surface area contributed by atoms with Crippen LogP contribution in [0.25, 0.3) is 0 Å². The number of amides is 2. The van der Waals surface area contributed by atoms with Crippen LogP contribution in [0.2, 0.25) is 0 Å². The molecule has 2 N–H and O–H groups in total. The fourth-order valence-corrected chi connectivity index (χ4v) is 1.83. The third-order valence-electron chi connectivity index (χ3n) is 2.61. The maximum Gasteiger partial charge on any atom is 0.255 e. The molecule has 0 bridgehead atoms. The molecule has 0 unspecified atom stereocenters. The summed E-state index contributed by atoms with van der Waals surface area (Å²) in [5.41, 5.74) is 7.06. The molecule has 2 amide bonds. The lowest BCUT2D eigenvalue weighted by Crippen LogP contribution is -2.45. The summed E-state index contributed by atoms with van der Waals surface area (Å²) in [5.74, 6) is -0.654. The van der Waals surface area contributed by atoms with Crippen LogP contribution in [0.3, 0.4) is 0 Å². The Morgan fingerprint density at radius 2 is 2.00 bits per heavy atom. The van der Waals surface area contributed by atoms with Gasteiger partial charge in [-0.1, -0.05) is 30.4 Å². The van der Waals surface area contributed by atoms with Crippen molar-refractivity contribution in [3.63, 3.8) is 0 Å². The summed E-state index contributed by atoms with van der Waals surface area (Å²) in [7, 11) is 0. The maximum atomic E-state index is 11.6. The number of rotatable bonds is 3. The lowest BCUT2D eigenvalue weighted by molar-refractivity contribution is -0.159. The SMILES string of the molecule is NC(=S)c1cccc(CN2C(=O)COCC2=O)c1. The smallest absolute Gasteiger partial charge is 0.255 e. The molecule has 1 aliphatic heterocycles. The fraction of sp³-hybridized carbons (Fsp3) is 0.250. The van der Waals surface area contributed by atoms with Crippen LogP contribution < -0.4 is 5.73 Å². The standard InChI is InChI=1S/C12H12N2O3S/c13-12(18)9-3-1-2-8(4-9)5-14-10(15)6-17-7-11(14)16/h1-4H,5-7H2,(H2,13,18). The van der Waals surface area contributed by atoms with Crippen molar-refractivity contribution >= 4 is 29.0 Å². The molecule has 0 aliphatic carbocycles. The Morgan fingerprint density at radius 1 is 1.33 bits per heavy atom. The van der Waals surface area contributed by atoms with Gasteiger partial charge in [0.15, 0.2) is 0 Å². The number of imide groups is 1. The number of thiocarbonyl (C=S) groups is 1. The molecule has 1 heterocycles. The van der Waals surface area contributed by atoms with Crippen molar-refractivity contribution in [1.29, 1.82) is 0 Å². The second-order valence-electron chi connectivity index (χ2n) is 3.93. The first-order chi connectivity index (χ1) is 8.58. The van der Waals surface area contributed by atoms with Crippen molar-refractivity contribution in [2.24, 2.45) is 5.73 Å². The Kier molecular flexibility index (Phi) is 3.69. The van der Waals surface area contributed by atoms with E-state index in [2.05, 4.69) is 0 Å². The predicted molar refractivity (Wildman–Crippen MR) is 68.7 cm³/mol. The molecule has 0 spiro atoms. The van der Waals surface area contributed by atoms with E-state index in [0.717, 1.165) is 11.1 Å². The van der Waals surface area contributed by atoms with Gasteiger partial charge < -0.3 is 10.5 Å². The number of ether oxygens (including phenoxy) is 1. The van der Waals surface area contributed by atoms with Crippen LogP contribution in [0.4, 0.5) is 0 Å². The van der Waals surface area contributed by atoms with Gasteiger partial charge in [0.1, 0.15) is 18.2 Å². The minimum atomic E-state index is -0.327. The van der Waals surface area contributed by atoms with Crippen molar-refractivity contribution in [1.82, 2.24) is 4.90 Å². The zero-order valence-electron chi connectivity index (χ0n) is 9.59. The highest BCUT2D eigenvalue weighted by Gasteiger charge is 2.26. The van der Waals surface area contributed by atoms with E-state index in [9.17, 15) is 9.59 Å². The summed E-state index contributed by atoms with van der Waals surface area (Å²) in [5, 5.41) is 0. The first-order valence-electron chi connectivity index (χ1n) is 5.37. The molecule has 2 rings (SSSR count). The molecule has 0 aromatic heterocycles. The van der Waals surface area contributed by atoms with Gasteiger partial charge in [0.25, 0.3) is 11.8 Å². The predicted octanol–water partition coefficient (Wildman–Crippen LogP) is 0.206. The molecule has 0 saturated carbocycles. The van der Waals surface area contributed by atoms with E-state index in [1.54, 1.807) is 18.2 Å². The van der Waals surface area contributed by atoms with Crippen LogP contribution in [0.5, 0.6) is 0 Å². The molecular formula is C12H12N2O3S. The Labute approximate surface area is 110 Å². The molecule has 1 saturated heterocycles. The molecule has 0 atom stereocenters. The molecule has 1 aromatic carbocycles. The second kappa shape index (κ2) is 5.24. The van der Waals surface area contributed by atoms with Gasteiger partial charge in [-0.15, -0.1) is 0 Å². The first kappa shape index (κ1) is 12.7. The molecule has 94 valence electrons. The number of hydrogen-bond acceptors (Lipinski definition) is 4. The van der Waals surface area contributed by atoms with E-state index in [1.807, 2.05) is 6.07 Å². The van der Waals surface area contributed by atoms with Gasteiger partial charge in [-0.25, -0.2) is 0 Å². The fourth-order valence-electron chi connectivity index (χ4n) is 1.70. The van der Waals surface area contributed by atoms with E-state index >= 15 is 0 Å². The van der Waals surface area contributed by atoms with Gasteiger partial charge in [0.05, 0.1) is 6.54 Å². The molecule has 18 heavy (non-hydrogen) atoms. The minimum absolute atomic E-state index is 0.0548. The Balaban J connectivity index is 2.17. The van der Waals surface area contributed by atoms with Gasteiger partial charge in [0, 0.05) is 5.56 Å². The van der Waals surface area contributed by atoms with E-state index in [1.165, 1.54) is 4.90 Å². The normalized spacial score (nSPS) is 15.9. The Hall–Kier alpha value is -1.79. The zero-order valence-corrected chi connectivity index (χ0v) is 10.4. The second-order valence-corrected chi connectivity index (χ2v) is 4.37. The van der Waals surface area contributed by atoms with E-state index in [4.69, 9.17) is 22.7 Å². The summed E-state index contributed by atoms with van der Waals surface area (Å²) in [6.45, 7) is 0.110. The lowest BCUT2D eigenvalue weighted by atomic mass is 10.1. The van der Waals surface area contributed by atoms with Crippen molar-refractivity contribution in [2.75, 3.05) is 13.2 Å². The minimum Gasteiger partial charge on any atom is -0.389 e. The number of nitrogens with zero attached hydrogens (tertiary/aromatic N) is 1. The zero-order chi connectivity index (χ0) is 13.1. The highest BCUT2D eigenvalue weighted by molar-refractivity contribution is 7.80. The average Bonchev–Trinajstić information content (AvgIpc) is 2.34. The largest absolute Gasteiger partial charge is 0.389 e. The molecule has 0 radical (unpaired) electrons. The van der Waals surface area contributed by atoms with Crippen LogP contribution in [0.15, 0.2) is 24.3 Å². The third-order valence-corrected chi connectivity index (χ3v) is 2.84. The van der Waals surface area contributed by atoms with Crippen LogP contribution in [-0.4, -0.2) is 34.9 Å². The number of nitrogens with two attached hydrogens (primary N) is 1. The monoisotopic (exact) mass is 264 g/mol. The third kappa shape index (κ3) is 2.72. The number of hydrogen-bond donors (Lipinski definition) is 1. The summed E-state index contributed by atoms with van der Waals surface area (Å²) in [6.07, 6.45) is 0. The van der Waals surface area contributed by atoms with Crippen LogP contribution in [0, 0.1) is 0 Å². The topological polar surface area (TPSA) is 72.6 Å². The summed E-state index contributed by atoms with van der Waals surface area (Å²) >= 11 is 4.88. The number of benzene rings is 1.